The predicted octanol–water partition coefficient (Wildman–Crippen LogP) is 2.58. The number of aliphatic carboxylic acids is 1. The van der Waals surface area contributed by atoms with Crippen LogP contribution in [0.2, 0.25) is 0 Å². The van der Waals surface area contributed by atoms with E-state index in [-0.39, 0.29) is 5.75 Å². The van der Waals surface area contributed by atoms with Crippen molar-refractivity contribution in [3.8, 4) is 11.5 Å². The molecule has 0 aliphatic rings. The highest BCUT2D eigenvalue weighted by molar-refractivity contribution is 5.86. The van der Waals surface area contributed by atoms with Gasteiger partial charge in [-0.15, -0.1) is 0 Å². The van der Waals surface area contributed by atoms with Crippen molar-refractivity contribution in [2.24, 2.45) is 5.92 Å². The highest BCUT2D eigenvalue weighted by Crippen LogP contribution is 2.35. The molecule has 0 radical (unpaired) electrons. The number of hydrogen-bond donors (Lipinski definition) is 3. The van der Waals surface area contributed by atoms with Gasteiger partial charge in [0.05, 0.1) is 13.2 Å². The zero-order chi connectivity index (χ0) is 15.3. The van der Waals surface area contributed by atoms with Crippen LogP contribution in [-0.4, -0.2) is 28.4 Å². The molecule has 1 rings (SSSR count). The third kappa shape index (κ3) is 4.28. The molecule has 3 N–H and O–H groups in total. The average Bonchev–Trinajstić information content (AvgIpc) is 2.35. The lowest BCUT2D eigenvalue weighted by Crippen LogP contribution is -2.04. The van der Waals surface area contributed by atoms with Gasteiger partial charge in [0.1, 0.15) is 11.5 Å². The Balaban J connectivity index is 3.20. The molecule has 0 aliphatic carbocycles. The van der Waals surface area contributed by atoms with Crippen molar-refractivity contribution in [2.75, 3.05) is 7.11 Å². The number of carboxylic acid groups (broad SMARTS) is 1. The van der Waals surface area contributed by atoms with Crippen molar-refractivity contribution in [2.45, 2.75) is 26.4 Å². The van der Waals surface area contributed by atoms with Crippen LogP contribution >= 0.6 is 0 Å². The number of hydrogen-bond acceptors (Lipinski definition) is 4. The maximum Gasteiger partial charge on any atom is 0.328 e. The van der Waals surface area contributed by atoms with Crippen molar-refractivity contribution >= 4 is 12.0 Å². The van der Waals surface area contributed by atoms with Crippen LogP contribution in [-0.2, 0) is 4.79 Å². The highest BCUT2D eigenvalue weighted by atomic mass is 16.5. The first kappa shape index (κ1) is 16.0. The molecule has 20 heavy (non-hydrogen) atoms. The Bertz CT molecular complexity index is 505. The van der Waals surface area contributed by atoms with Crippen LogP contribution in [0.4, 0.5) is 0 Å². The highest BCUT2D eigenvalue weighted by Gasteiger charge is 2.17. The van der Waals surface area contributed by atoms with E-state index in [2.05, 4.69) is 0 Å². The van der Waals surface area contributed by atoms with Gasteiger partial charge in [0.15, 0.2) is 0 Å². The summed E-state index contributed by atoms with van der Waals surface area (Å²) in [6.45, 7) is 3.97. The SMILES string of the molecule is COc1cc(O)c(C=CC(=O)O)cc1[C@@H](O)CC(C)C. The lowest BCUT2D eigenvalue weighted by atomic mass is 9.96. The van der Waals surface area contributed by atoms with E-state index in [1.807, 2.05) is 13.8 Å². The number of benzene rings is 1. The second-order valence-corrected chi connectivity index (χ2v) is 4.97. The van der Waals surface area contributed by atoms with Crippen molar-refractivity contribution in [3.05, 3.63) is 29.3 Å². The Morgan fingerprint density at radius 3 is 2.55 bits per heavy atom. The van der Waals surface area contributed by atoms with E-state index in [1.54, 1.807) is 6.07 Å². The fraction of sp³-hybridized carbons (Fsp3) is 0.400. The lowest BCUT2D eigenvalue weighted by molar-refractivity contribution is -0.131. The van der Waals surface area contributed by atoms with Crippen molar-refractivity contribution < 1.29 is 24.9 Å². The number of rotatable bonds is 6. The molecule has 5 heteroatoms. The van der Waals surface area contributed by atoms with Crippen LogP contribution < -0.4 is 4.74 Å². The van der Waals surface area contributed by atoms with E-state index < -0.39 is 12.1 Å². The van der Waals surface area contributed by atoms with Gasteiger partial charge in [-0.2, -0.15) is 0 Å². The largest absolute Gasteiger partial charge is 0.507 e. The van der Waals surface area contributed by atoms with Crippen molar-refractivity contribution in [3.63, 3.8) is 0 Å². The van der Waals surface area contributed by atoms with E-state index in [9.17, 15) is 15.0 Å². The van der Waals surface area contributed by atoms with Gasteiger partial charge >= 0.3 is 5.97 Å². The van der Waals surface area contributed by atoms with Crippen molar-refractivity contribution in [1.29, 1.82) is 0 Å². The molecule has 1 aromatic carbocycles. The average molecular weight is 280 g/mol. The summed E-state index contributed by atoms with van der Waals surface area (Å²) in [6.07, 6.45) is 2.02. The third-order valence-corrected chi connectivity index (χ3v) is 2.84. The molecule has 0 saturated heterocycles. The van der Waals surface area contributed by atoms with Gasteiger partial charge in [-0.1, -0.05) is 13.8 Å². The standard InChI is InChI=1S/C15H20O5/c1-9(2)6-13(17)11-7-10(4-5-15(18)19)12(16)8-14(11)20-3/h4-5,7-9,13,16-17H,6H2,1-3H3,(H,18,19)/t13-/m0/s1. The van der Waals surface area contributed by atoms with E-state index in [1.165, 1.54) is 19.3 Å². The molecule has 5 nitrogen and oxygen atoms in total. The summed E-state index contributed by atoms with van der Waals surface area (Å²) in [5, 5.41) is 28.6. The summed E-state index contributed by atoms with van der Waals surface area (Å²) in [6, 6.07) is 2.92. The molecule has 110 valence electrons. The minimum atomic E-state index is -1.11. The number of methoxy groups -OCH3 is 1. The molecule has 1 aromatic rings. The van der Waals surface area contributed by atoms with Crippen LogP contribution in [0.5, 0.6) is 11.5 Å². The monoisotopic (exact) mass is 280 g/mol. The van der Waals surface area contributed by atoms with Crippen LogP contribution in [0, 0.1) is 5.92 Å². The quantitative estimate of drug-likeness (QED) is 0.697. The van der Waals surface area contributed by atoms with Gasteiger partial charge in [0, 0.05) is 23.3 Å². The first-order valence-corrected chi connectivity index (χ1v) is 6.35. The van der Waals surface area contributed by atoms with Crippen LogP contribution in [0.25, 0.3) is 6.08 Å². The Morgan fingerprint density at radius 1 is 1.40 bits per heavy atom. The first-order valence-electron chi connectivity index (χ1n) is 6.35. The number of phenols is 1. The van der Waals surface area contributed by atoms with E-state index in [0.29, 0.717) is 29.2 Å². The fourth-order valence-electron chi connectivity index (χ4n) is 1.91. The van der Waals surface area contributed by atoms with E-state index in [0.717, 1.165) is 6.08 Å². The molecular formula is C15H20O5. The maximum absolute atomic E-state index is 10.5. The minimum Gasteiger partial charge on any atom is -0.507 e. The Morgan fingerprint density at radius 2 is 2.05 bits per heavy atom. The summed E-state index contributed by atoms with van der Waals surface area (Å²) < 4.78 is 5.15. The molecule has 0 amide bonds. The zero-order valence-corrected chi connectivity index (χ0v) is 11.8. The predicted molar refractivity (Wildman–Crippen MR) is 75.7 cm³/mol. The van der Waals surface area contributed by atoms with Gasteiger partial charge in [-0.05, 0) is 24.5 Å². The van der Waals surface area contributed by atoms with Crippen LogP contribution in [0.15, 0.2) is 18.2 Å². The number of carboxylic acids is 1. The molecule has 0 saturated carbocycles. The molecular weight excluding hydrogens is 260 g/mol. The Labute approximate surface area is 118 Å². The van der Waals surface area contributed by atoms with Gasteiger partial charge in [0.2, 0.25) is 0 Å². The minimum absolute atomic E-state index is 0.0974. The fourth-order valence-corrected chi connectivity index (χ4v) is 1.91. The van der Waals surface area contributed by atoms with Gasteiger partial charge < -0.3 is 20.1 Å². The number of phenolic OH excluding ortho intramolecular Hbond substituents is 1. The number of carbonyl (C=O) groups is 1. The molecule has 0 bridgehead atoms. The summed E-state index contributed by atoms with van der Waals surface area (Å²) in [4.78, 5) is 10.5. The van der Waals surface area contributed by atoms with Crippen LogP contribution in [0.3, 0.4) is 0 Å². The van der Waals surface area contributed by atoms with Gasteiger partial charge in [-0.25, -0.2) is 4.79 Å². The second-order valence-electron chi connectivity index (χ2n) is 4.97. The van der Waals surface area contributed by atoms with Crippen LogP contribution in [0.1, 0.15) is 37.5 Å². The molecule has 0 aliphatic heterocycles. The smallest absolute Gasteiger partial charge is 0.328 e. The lowest BCUT2D eigenvalue weighted by Gasteiger charge is -2.18. The Kier molecular flexibility index (Phi) is 5.58. The molecule has 0 unspecified atom stereocenters. The summed E-state index contributed by atoms with van der Waals surface area (Å²) in [7, 11) is 1.45. The number of aromatic hydroxyl groups is 1. The Hall–Kier alpha value is -2.01. The molecule has 0 fully saturated rings. The normalized spacial score (nSPS) is 12.8. The molecule has 1 atom stereocenters. The number of aliphatic hydroxyl groups is 1. The number of ether oxygens (including phenoxy) is 1. The second kappa shape index (κ2) is 6.96. The first-order chi connectivity index (χ1) is 9.35. The summed E-state index contributed by atoms with van der Waals surface area (Å²) in [5.41, 5.74) is 0.857. The van der Waals surface area contributed by atoms with E-state index in [4.69, 9.17) is 9.84 Å². The van der Waals surface area contributed by atoms with Crippen molar-refractivity contribution in [1.82, 2.24) is 0 Å². The van der Waals surface area contributed by atoms with E-state index >= 15 is 0 Å². The number of aliphatic hydroxyl groups excluding tert-OH is 1. The molecule has 0 heterocycles. The maximum atomic E-state index is 10.5. The topological polar surface area (TPSA) is 87.0 Å². The molecule has 0 spiro atoms. The van der Waals surface area contributed by atoms with Gasteiger partial charge in [-0.3, -0.25) is 0 Å². The summed E-state index contributed by atoms with van der Waals surface area (Å²) >= 11 is 0. The van der Waals surface area contributed by atoms with Gasteiger partial charge in [0.25, 0.3) is 0 Å². The molecule has 0 aromatic heterocycles. The summed E-state index contributed by atoms with van der Waals surface area (Å²) in [5.74, 6) is -0.533. The zero-order valence-electron chi connectivity index (χ0n) is 11.8. The third-order valence-electron chi connectivity index (χ3n) is 2.84.